The second-order valence-electron chi connectivity index (χ2n) is 7.14. The number of anilines is 1. The highest BCUT2D eigenvalue weighted by molar-refractivity contribution is 7.15. The Bertz CT molecular complexity index is 665. The Balaban J connectivity index is 1.45. The van der Waals surface area contributed by atoms with E-state index in [9.17, 15) is 0 Å². The molecule has 1 saturated heterocycles. The van der Waals surface area contributed by atoms with Gasteiger partial charge in [0.2, 0.25) is 0 Å². The van der Waals surface area contributed by atoms with E-state index < -0.39 is 0 Å². The molecule has 4 rings (SSSR count). The number of thiazole rings is 1. The van der Waals surface area contributed by atoms with Crippen LogP contribution in [0.1, 0.15) is 42.3 Å². The predicted octanol–water partition coefficient (Wildman–Crippen LogP) is 4.34. The molecule has 1 aliphatic heterocycles. The number of aromatic nitrogens is 1. The van der Waals surface area contributed by atoms with Crippen molar-refractivity contribution in [3.8, 4) is 0 Å². The summed E-state index contributed by atoms with van der Waals surface area (Å²) in [6, 6.07) is 11.3. The number of nitrogens with zero attached hydrogens (tertiary/aromatic N) is 2. The molecule has 2 aromatic rings. The predicted molar refractivity (Wildman–Crippen MR) is 102 cm³/mol. The third kappa shape index (κ3) is 3.35. The van der Waals surface area contributed by atoms with E-state index in [1.54, 1.807) is 0 Å². The maximum Gasteiger partial charge on any atom is 0.183 e. The summed E-state index contributed by atoms with van der Waals surface area (Å²) in [5, 5.41) is 4.63. The molecule has 0 amide bonds. The fraction of sp³-hybridized carbons (Fsp3) is 0.550. The van der Waals surface area contributed by atoms with Gasteiger partial charge in [-0.1, -0.05) is 37.3 Å². The average Bonchev–Trinajstić information content (AvgIpc) is 3.01. The lowest BCUT2D eigenvalue weighted by atomic mass is 9.79. The van der Waals surface area contributed by atoms with Gasteiger partial charge in [0.15, 0.2) is 5.13 Å². The number of likely N-dealkylation sites (tertiary alicyclic amines) is 1. The number of nitrogens with one attached hydrogen (secondary N) is 1. The highest BCUT2D eigenvalue weighted by Gasteiger charge is 2.36. The first-order chi connectivity index (χ1) is 11.8. The lowest BCUT2D eigenvalue weighted by Crippen LogP contribution is -2.49. The molecule has 0 saturated carbocycles. The second-order valence-corrected chi connectivity index (χ2v) is 8.23. The molecule has 1 fully saturated rings. The summed E-state index contributed by atoms with van der Waals surface area (Å²) < 4.78 is 0. The highest BCUT2D eigenvalue weighted by Crippen LogP contribution is 2.38. The van der Waals surface area contributed by atoms with Crippen molar-refractivity contribution in [3.63, 3.8) is 0 Å². The molecule has 128 valence electrons. The molecule has 0 radical (unpaired) electrons. The average molecular weight is 342 g/mol. The SMILES string of the molecule is CCCN1CCC[C@H]2Cc3nc(NCc4ccccc4)sc3C[C@@H]21. The Morgan fingerprint density at radius 2 is 2.12 bits per heavy atom. The van der Waals surface area contributed by atoms with Crippen LogP contribution >= 0.6 is 11.3 Å². The van der Waals surface area contributed by atoms with E-state index in [4.69, 9.17) is 4.98 Å². The zero-order valence-corrected chi connectivity index (χ0v) is 15.3. The van der Waals surface area contributed by atoms with Crippen molar-refractivity contribution in [2.45, 2.75) is 51.6 Å². The normalized spacial score (nSPS) is 23.5. The molecule has 2 aliphatic rings. The number of fused-ring (bicyclic) bond motifs is 2. The fourth-order valence-electron chi connectivity index (χ4n) is 4.30. The number of benzene rings is 1. The molecular weight excluding hydrogens is 314 g/mol. The van der Waals surface area contributed by atoms with E-state index in [1.165, 1.54) is 61.3 Å². The first kappa shape index (κ1) is 16.1. The van der Waals surface area contributed by atoms with Gasteiger partial charge in [0.1, 0.15) is 0 Å². The van der Waals surface area contributed by atoms with Crippen LogP contribution in [0.5, 0.6) is 0 Å². The summed E-state index contributed by atoms with van der Waals surface area (Å²) in [6.45, 7) is 5.72. The third-order valence-electron chi connectivity index (χ3n) is 5.46. The van der Waals surface area contributed by atoms with Crippen molar-refractivity contribution in [3.05, 3.63) is 46.5 Å². The van der Waals surface area contributed by atoms with E-state index in [-0.39, 0.29) is 0 Å². The van der Waals surface area contributed by atoms with Crippen LogP contribution in [0.2, 0.25) is 0 Å². The Labute approximate surface area is 149 Å². The van der Waals surface area contributed by atoms with Gasteiger partial charge in [-0.2, -0.15) is 0 Å². The van der Waals surface area contributed by atoms with E-state index in [1.807, 2.05) is 11.3 Å². The Morgan fingerprint density at radius 3 is 2.96 bits per heavy atom. The molecular formula is C20H27N3S. The molecule has 1 N–H and O–H groups in total. The van der Waals surface area contributed by atoms with Gasteiger partial charge in [0, 0.05) is 17.5 Å². The van der Waals surface area contributed by atoms with Crippen LogP contribution in [0.15, 0.2) is 30.3 Å². The van der Waals surface area contributed by atoms with Gasteiger partial charge in [-0.3, -0.25) is 4.90 Å². The van der Waals surface area contributed by atoms with Crippen molar-refractivity contribution < 1.29 is 0 Å². The largest absolute Gasteiger partial charge is 0.357 e. The molecule has 1 aromatic carbocycles. The molecule has 1 aromatic heterocycles. The van der Waals surface area contributed by atoms with Crippen LogP contribution in [0.4, 0.5) is 5.13 Å². The quantitative estimate of drug-likeness (QED) is 0.876. The molecule has 2 heterocycles. The smallest absolute Gasteiger partial charge is 0.183 e. The summed E-state index contributed by atoms with van der Waals surface area (Å²) in [5.74, 6) is 0.821. The van der Waals surface area contributed by atoms with Gasteiger partial charge >= 0.3 is 0 Å². The van der Waals surface area contributed by atoms with Crippen LogP contribution in [0.3, 0.4) is 0 Å². The van der Waals surface area contributed by atoms with Gasteiger partial charge < -0.3 is 5.32 Å². The Hall–Kier alpha value is -1.39. The number of hydrogen-bond acceptors (Lipinski definition) is 4. The highest BCUT2D eigenvalue weighted by atomic mass is 32.1. The molecule has 1 aliphatic carbocycles. The topological polar surface area (TPSA) is 28.2 Å². The minimum absolute atomic E-state index is 0.758. The van der Waals surface area contributed by atoms with E-state index in [0.29, 0.717) is 0 Å². The minimum Gasteiger partial charge on any atom is -0.357 e. The van der Waals surface area contributed by atoms with Crippen molar-refractivity contribution in [2.24, 2.45) is 5.92 Å². The molecule has 0 unspecified atom stereocenters. The van der Waals surface area contributed by atoms with Crippen LogP contribution in [0.25, 0.3) is 0 Å². The van der Waals surface area contributed by atoms with Gasteiger partial charge in [0.05, 0.1) is 5.69 Å². The summed E-state index contributed by atoms with van der Waals surface area (Å²) in [7, 11) is 0. The van der Waals surface area contributed by atoms with Crippen molar-refractivity contribution >= 4 is 16.5 Å². The van der Waals surface area contributed by atoms with Crippen LogP contribution in [-0.4, -0.2) is 29.0 Å². The van der Waals surface area contributed by atoms with E-state index >= 15 is 0 Å². The van der Waals surface area contributed by atoms with Crippen LogP contribution in [-0.2, 0) is 19.4 Å². The van der Waals surface area contributed by atoms with Gasteiger partial charge in [-0.25, -0.2) is 4.98 Å². The van der Waals surface area contributed by atoms with Gasteiger partial charge in [0.25, 0.3) is 0 Å². The number of piperidine rings is 1. The molecule has 24 heavy (non-hydrogen) atoms. The summed E-state index contributed by atoms with van der Waals surface area (Å²) >= 11 is 1.88. The van der Waals surface area contributed by atoms with Crippen LogP contribution < -0.4 is 5.32 Å². The molecule has 2 atom stereocenters. The number of hydrogen-bond donors (Lipinski definition) is 1. The van der Waals surface area contributed by atoms with Crippen molar-refractivity contribution in [1.82, 2.24) is 9.88 Å². The zero-order chi connectivity index (χ0) is 16.4. The number of rotatable bonds is 5. The Kier molecular flexibility index (Phi) is 4.86. The monoisotopic (exact) mass is 341 g/mol. The second kappa shape index (κ2) is 7.24. The van der Waals surface area contributed by atoms with E-state index in [2.05, 4.69) is 47.5 Å². The standard InChI is InChI=1S/C20H27N3S/c1-2-10-23-11-6-9-16-12-17-19(13-18(16)23)24-20(22-17)21-14-15-7-4-3-5-8-15/h3-5,7-8,16,18H,2,6,9-14H2,1H3,(H,21,22)/t16-,18-/m0/s1. The zero-order valence-electron chi connectivity index (χ0n) is 14.5. The maximum absolute atomic E-state index is 4.92. The first-order valence-electron chi connectivity index (χ1n) is 9.34. The third-order valence-corrected chi connectivity index (χ3v) is 6.54. The molecule has 0 bridgehead atoms. The minimum atomic E-state index is 0.758. The summed E-state index contributed by atoms with van der Waals surface area (Å²) in [5.41, 5.74) is 2.68. The summed E-state index contributed by atoms with van der Waals surface area (Å²) in [4.78, 5) is 9.18. The first-order valence-corrected chi connectivity index (χ1v) is 10.2. The van der Waals surface area contributed by atoms with Gasteiger partial charge in [-0.05, 0) is 56.7 Å². The van der Waals surface area contributed by atoms with Crippen LogP contribution in [0, 0.1) is 5.92 Å². The van der Waals surface area contributed by atoms with Gasteiger partial charge in [-0.15, -0.1) is 11.3 Å². The van der Waals surface area contributed by atoms with E-state index in [0.717, 1.165) is 23.6 Å². The Morgan fingerprint density at radius 1 is 1.25 bits per heavy atom. The fourth-order valence-corrected chi connectivity index (χ4v) is 5.34. The molecule has 4 heteroatoms. The van der Waals surface area contributed by atoms with Crippen molar-refractivity contribution in [2.75, 3.05) is 18.4 Å². The lowest BCUT2D eigenvalue weighted by molar-refractivity contribution is 0.0857. The lowest BCUT2D eigenvalue weighted by Gasteiger charge is -2.43. The molecule has 0 spiro atoms. The molecule has 3 nitrogen and oxygen atoms in total. The summed E-state index contributed by atoms with van der Waals surface area (Å²) in [6.07, 6.45) is 6.41. The van der Waals surface area contributed by atoms with Crippen molar-refractivity contribution in [1.29, 1.82) is 0 Å². The maximum atomic E-state index is 4.92.